The number of carbonyl (C=O) groups is 6. The Bertz CT molecular complexity index is 3470. The van der Waals surface area contributed by atoms with Crippen molar-refractivity contribution < 1.29 is 88.9 Å². The maximum Gasteiger partial charge on any atom is 0.303 e. The lowest BCUT2D eigenvalue weighted by molar-refractivity contribution is -0.209. The molecule has 0 saturated heterocycles. The van der Waals surface area contributed by atoms with Gasteiger partial charge in [-0.1, -0.05) is 121 Å². The minimum Gasteiger partial charge on any atom is -0.481 e. The van der Waals surface area contributed by atoms with Gasteiger partial charge in [0, 0.05) is 80.4 Å². The molecule has 13 aliphatic rings. The molecule has 0 bridgehead atoms. The van der Waals surface area contributed by atoms with Gasteiger partial charge in [0.05, 0.1) is 54.9 Å². The molecule has 3 amide bonds. The molecule has 6 unspecified atom stereocenters. The second kappa shape index (κ2) is 39.9. The summed E-state index contributed by atoms with van der Waals surface area (Å²) in [4.78, 5) is 79.0. The van der Waals surface area contributed by atoms with Gasteiger partial charge in [0.1, 0.15) is 0 Å². The summed E-state index contributed by atoms with van der Waals surface area (Å²) in [6.07, 6.45) is 31.8. The molecule has 0 aromatic carbocycles. The third kappa shape index (κ3) is 19.4. The van der Waals surface area contributed by atoms with Gasteiger partial charge in [0.2, 0.25) is 17.7 Å². The minimum atomic E-state index is -1.00. The SMILES string of the molecule is C=C[C@H](CCC(=O)O)[C@H]1CC[C@H]2[C@H]3C(C[C@H](O)[C@]12C)[C@@]1(C)CC[C@H](OCCCCCCNC(=O)C2(C)CC(C)(C(=O)NCCCCCCO[C@@H]4CC[C@]5(C)C6C[C@H](O)[C@]7(C)[C@@H]([C@H](C)CCC(=O)O)CC[C@H]7[C@@H]6[C@H](O)C[C@@H]5C4)CC(C)(C(=O)NCCCCCCO[C@H]4CC[C@]5(C)C6C[C@H](O)[C@]7(C)[C@@H]([C@H](C)CCC(=O)O)CC[C@H]7[C@@H]6[C@H](O)C[C@@H]5C4)C2)C[C@H]1C[C@H]3O. The number of amides is 3. The lowest BCUT2D eigenvalue weighted by Gasteiger charge is -2.63. The maximum absolute atomic E-state index is 14.8. The minimum absolute atomic E-state index is 0.00502. The molecule has 706 valence electrons. The summed E-state index contributed by atoms with van der Waals surface area (Å²) in [6.45, 7) is 31.6. The number of carboxylic acids is 3. The van der Waals surface area contributed by atoms with E-state index in [1.54, 1.807) is 0 Å². The van der Waals surface area contributed by atoms with Crippen LogP contribution in [0.4, 0.5) is 0 Å². The molecule has 0 spiro atoms. The molecule has 36 atom stereocenters. The summed E-state index contributed by atoms with van der Waals surface area (Å²) in [6, 6.07) is 0. The number of nitrogens with one attached hydrogen (secondary N) is 3. The third-order valence-electron chi connectivity index (χ3n) is 40.1. The van der Waals surface area contributed by atoms with E-state index in [9.17, 15) is 74.7 Å². The summed E-state index contributed by atoms with van der Waals surface area (Å²) in [7, 11) is 0. The normalized spacial score (nSPS) is 45.1. The Hall–Kier alpha value is -3.80. The van der Waals surface area contributed by atoms with Crippen molar-refractivity contribution in [2.24, 2.45) is 155 Å². The Morgan fingerprint density at radius 2 is 0.645 bits per heavy atom. The van der Waals surface area contributed by atoms with Crippen LogP contribution in [0.15, 0.2) is 12.7 Å². The molecule has 0 heterocycles. The number of aliphatic hydroxyl groups excluding tert-OH is 6. The largest absolute Gasteiger partial charge is 0.481 e. The summed E-state index contributed by atoms with van der Waals surface area (Å²) >= 11 is 0. The zero-order valence-electron chi connectivity index (χ0n) is 78.5. The highest BCUT2D eigenvalue weighted by atomic mass is 16.5. The Balaban J connectivity index is 0.549. The van der Waals surface area contributed by atoms with Crippen LogP contribution in [0.3, 0.4) is 0 Å². The van der Waals surface area contributed by atoms with Crippen molar-refractivity contribution in [1.29, 1.82) is 0 Å². The van der Waals surface area contributed by atoms with E-state index in [1.807, 2.05) is 26.8 Å². The molecule has 13 rings (SSSR count). The fourth-order valence-electron chi connectivity index (χ4n) is 33.4. The molecule has 13 aliphatic carbocycles. The first-order valence-electron chi connectivity index (χ1n) is 50.8. The zero-order valence-corrected chi connectivity index (χ0v) is 78.5. The molecule has 124 heavy (non-hydrogen) atoms. The van der Waals surface area contributed by atoms with Crippen LogP contribution in [-0.2, 0) is 43.0 Å². The van der Waals surface area contributed by atoms with Crippen LogP contribution >= 0.6 is 0 Å². The number of hydrogen-bond donors (Lipinski definition) is 12. The Kier molecular flexibility index (Phi) is 31.5. The molecule has 21 nitrogen and oxygen atoms in total. The van der Waals surface area contributed by atoms with E-state index in [1.165, 1.54) is 0 Å². The van der Waals surface area contributed by atoms with E-state index >= 15 is 0 Å². The molecular formula is C103H171N3O18. The number of fused-ring (bicyclic) bond motifs is 15. The van der Waals surface area contributed by atoms with Crippen molar-refractivity contribution in [1.82, 2.24) is 16.0 Å². The molecule has 12 N–H and O–H groups in total. The molecule has 13 saturated carbocycles. The molecule has 0 aromatic rings. The number of ether oxygens (including phenoxy) is 3. The zero-order chi connectivity index (χ0) is 89.4. The number of unbranched alkanes of at least 4 members (excludes halogenated alkanes) is 9. The number of aliphatic hydroxyl groups is 6. The molecule has 0 aromatic heterocycles. The van der Waals surface area contributed by atoms with Crippen LogP contribution < -0.4 is 16.0 Å². The lowest BCUT2D eigenvalue weighted by Crippen LogP contribution is -2.62. The summed E-state index contributed by atoms with van der Waals surface area (Å²) < 4.78 is 19.9. The monoisotopic (exact) mass is 1740 g/mol. The quantitative estimate of drug-likeness (QED) is 0.0200. The van der Waals surface area contributed by atoms with Crippen molar-refractivity contribution in [3.8, 4) is 0 Å². The first-order chi connectivity index (χ1) is 58.7. The highest BCUT2D eigenvalue weighted by Gasteiger charge is 2.70. The molecule has 13 fully saturated rings. The summed E-state index contributed by atoms with van der Waals surface area (Å²) in [5, 5.41) is 111. The van der Waals surface area contributed by atoms with Crippen LogP contribution in [0.5, 0.6) is 0 Å². The molecule has 21 heteroatoms. The number of carbonyl (C=O) groups excluding carboxylic acids is 3. The summed E-state index contributed by atoms with van der Waals surface area (Å²) in [5.41, 5.74) is -4.03. The Morgan fingerprint density at radius 3 is 0.944 bits per heavy atom. The number of hydrogen-bond acceptors (Lipinski definition) is 15. The maximum atomic E-state index is 14.8. The predicted octanol–water partition coefficient (Wildman–Crippen LogP) is 16.8. The van der Waals surface area contributed by atoms with Gasteiger partial charge in [-0.3, -0.25) is 28.8 Å². The summed E-state index contributed by atoms with van der Waals surface area (Å²) in [5.74, 6) is 0.909. The van der Waals surface area contributed by atoms with E-state index < -0.39 is 76.2 Å². The van der Waals surface area contributed by atoms with E-state index in [2.05, 4.69) is 77.9 Å². The van der Waals surface area contributed by atoms with Gasteiger partial charge in [-0.15, -0.1) is 6.58 Å². The third-order valence-corrected chi connectivity index (χ3v) is 40.1. The average molecular weight is 1740 g/mol. The van der Waals surface area contributed by atoms with Gasteiger partial charge in [-0.25, -0.2) is 0 Å². The van der Waals surface area contributed by atoms with Crippen molar-refractivity contribution in [2.45, 2.75) is 401 Å². The second-order valence-electron chi connectivity index (χ2n) is 47.0. The van der Waals surface area contributed by atoms with Crippen LogP contribution in [0.2, 0.25) is 0 Å². The van der Waals surface area contributed by atoms with E-state index in [0.717, 1.165) is 193 Å². The average Bonchev–Trinajstić information content (AvgIpc) is 1.43. The van der Waals surface area contributed by atoms with Crippen LogP contribution in [-0.4, -0.2) is 176 Å². The van der Waals surface area contributed by atoms with Crippen molar-refractivity contribution in [2.75, 3.05) is 39.5 Å². The molecular weight excluding hydrogens is 1570 g/mol. The van der Waals surface area contributed by atoms with Crippen LogP contribution in [0.25, 0.3) is 0 Å². The van der Waals surface area contributed by atoms with Gasteiger partial charge in [-0.05, 0) is 345 Å². The lowest BCUT2D eigenvalue weighted by atomic mass is 9.43. The fourth-order valence-corrected chi connectivity index (χ4v) is 33.4. The molecule has 0 aliphatic heterocycles. The standard InChI is InChI=1S/C103H171N3O18/c1-13-64(28-37-88(117)118)73-31-34-76-91-79(58-85(112)103(73,76)12)100(9)43-40-70(52-67(100)55-82(91)109)124-49-25-19-16-22-46-106-94(121)97(6)60-95(4,92(119)104-44-20-14-17-23-47-122-68-38-41-98(7)65(50-68)53-80(107)89-74-32-29-71(62(2)26-35-86(113)114)101(74,10)83(110)56-77(89)98)59-96(5,61-97)93(120)105-45-21-15-18-24-48-123-69-39-42-99(8)66(51-69)54-81(108)90-75-33-30-72(63(3)27-36-87(115)116)102(75,11)84(111)57-78(90)99/h13,62-85,89-91,107-112H,1,14-61H2,2-12H3,(H,104,119)(H,105,120)(H,106,121)(H,113,114)(H,115,116)(H,117,118)/t62-,63-,64-,65+,66+,67+,68-,69+,70+,71-,72-,73-,74+,75+,76+,77?,78?,79?,80-,81-,82-,83+,84+,85+,89+,90+,91+,95?,96?,97?,98+,99+,100+,101-,102-,103-/m1/s1. The highest BCUT2D eigenvalue weighted by molar-refractivity contribution is 5.90. The predicted molar refractivity (Wildman–Crippen MR) is 478 cm³/mol. The highest BCUT2D eigenvalue weighted by Crippen LogP contribution is 2.73. The smallest absolute Gasteiger partial charge is 0.303 e. The van der Waals surface area contributed by atoms with E-state index in [0.29, 0.717) is 115 Å². The Labute approximate surface area is 744 Å². The first kappa shape index (κ1) is 97.7. The van der Waals surface area contributed by atoms with Crippen molar-refractivity contribution >= 4 is 35.6 Å². The fraction of sp³-hybridized carbons (Fsp3) is 0.922. The van der Waals surface area contributed by atoms with Gasteiger partial charge >= 0.3 is 17.9 Å². The van der Waals surface area contributed by atoms with Gasteiger partial charge in [0.15, 0.2) is 0 Å². The van der Waals surface area contributed by atoms with Crippen molar-refractivity contribution in [3.63, 3.8) is 0 Å². The van der Waals surface area contributed by atoms with Gasteiger partial charge < -0.3 is 76.1 Å². The Morgan fingerprint density at radius 1 is 0.363 bits per heavy atom. The molecule has 0 radical (unpaired) electrons. The number of rotatable bonds is 40. The number of aliphatic carboxylic acids is 3. The number of allylic oxidation sites excluding steroid dienone is 1. The van der Waals surface area contributed by atoms with Crippen LogP contribution in [0.1, 0.15) is 346 Å². The van der Waals surface area contributed by atoms with Crippen LogP contribution in [0, 0.1) is 155 Å². The van der Waals surface area contributed by atoms with Gasteiger partial charge in [0.25, 0.3) is 0 Å². The van der Waals surface area contributed by atoms with E-state index in [-0.39, 0.29) is 171 Å². The van der Waals surface area contributed by atoms with E-state index in [4.69, 9.17) is 14.2 Å². The van der Waals surface area contributed by atoms with Gasteiger partial charge in [-0.2, -0.15) is 0 Å². The second-order valence-corrected chi connectivity index (χ2v) is 47.0. The topological polar surface area (TPSA) is 348 Å². The first-order valence-corrected chi connectivity index (χ1v) is 50.8. The van der Waals surface area contributed by atoms with Crippen molar-refractivity contribution in [3.05, 3.63) is 12.7 Å². The number of carboxylic acid groups (broad SMARTS) is 3.